The van der Waals surface area contributed by atoms with Crippen LogP contribution >= 0.6 is 27.5 Å². The van der Waals surface area contributed by atoms with E-state index in [1.807, 2.05) is 13.0 Å². The Hall–Kier alpha value is -2.51. The first kappa shape index (κ1) is 19.3. The first-order chi connectivity index (χ1) is 13.0. The highest BCUT2D eigenvalue weighted by Gasteiger charge is 2.13. The maximum Gasteiger partial charge on any atom is 0.307 e. The quantitative estimate of drug-likeness (QED) is 0.422. The molecule has 0 aliphatic rings. The molecule has 0 aliphatic carbocycles. The molecular formula is C19H16BrClN2O4. The van der Waals surface area contributed by atoms with Crippen LogP contribution in [0.5, 0.6) is 11.5 Å². The van der Waals surface area contributed by atoms with Crippen LogP contribution in [-0.2, 0) is 0 Å². The van der Waals surface area contributed by atoms with Gasteiger partial charge in [0.2, 0.25) is 0 Å². The number of benzene rings is 2. The van der Waals surface area contributed by atoms with Crippen molar-refractivity contribution in [3.63, 3.8) is 0 Å². The fourth-order valence-electron chi connectivity index (χ4n) is 2.45. The first-order valence-corrected chi connectivity index (χ1v) is 9.21. The van der Waals surface area contributed by atoms with Crippen molar-refractivity contribution in [1.29, 1.82) is 0 Å². The van der Waals surface area contributed by atoms with Crippen LogP contribution < -0.4 is 14.9 Å². The van der Waals surface area contributed by atoms with Gasteiger partial charge in [0, 0.05) is 10.4 Å². The molecule has 0 saturated heterocycles. The molecule has 6 nitrogen and oxygen atoms in total. The van der Waals surface area contributed by atoms with Crippen molar-refractivity contribution in [3.05, 3.63) is 57.2 Å². The molecular weight excluding hydrogens is 436 g/mol. The van der Waals surface area contributed by atoms with E-state index in [0.717, 1.165) is 15.4 Å². The summed E-state index contributed by atoms with van der Waals surface area (Å²) >= 11 is 9.38. The molecule has 0 radical (unpaired) electrons. The third-order valence-corrected chi connectivity index (χ3v) is 4.45. The Labute approximate surface area is 169 Å². The first-order valence-electron chi connectivity index (χ1n) is 8.04. The fraction of sp³-hybridized carbons (Fsp3) is 0.158. The summed E-state index contributed by atoms with van der Waals surface area (Å²) in [5.74, 6) is 0.862. The molecule has 0 fully saturated rings. The van der Waals surface area contributed by atoms with Crippen molar-refractivity contribution >= 4 is 50.6 Å². The zero-order chi connectivity index (χ0) is 19.4. The largest absolute Gasteiger partial charge is 0.493 e. The monoisotopic (exact) mass is 450 g/mol. The van der Waals surface area contributed by atoms with Gasteiger partial charge in [0.15, 0.2) is 17.3 Å². The summed E-state index contributed by atoms with van der Waals surface area (Å²) < 4.78 is 17.1. The number of halogens is 2. The minimum Gasteiger partial charge on any atom is -0.493 e. The summed E-state index contributed by atoms with van der Waals surface area (Å²) in [5.41, 5.74) is 3.73. The van der Waals surface area contributed by atoms with Gasteiger partial charge in [-0.15, -0.1) is 0 Å². The number of furan rings is 1. The number of hydrogen-bond donors (Lipinski definition) is 1. The predicted molar refractivity (Wildman–Crippen MR) is 108 cm³/mol. The number of hydrazone groups is 1. The number of rotatable bonds is 6. The molecule has 2 aromatic carbocycles. The Morgan fingerprint density at radius 1 is 1.33 bits per heavy atom. The van der Waals surface area contributed by atoms with E-state index in [4.69, 9.17) is 25.5 Å². The van der Waals surface area contributed by atoms with Crippen molar-refractivity contribution < 1.29 is 18.7 Å². The van der Waals surface area contributed by atoms with Crippen molar-refractivity contribution in [1.82, 2.24) is 5.43 Å². The second kappa shape index (κ2) is 8.45. The summed E-state index contributed by atoms with van der Waals surface area (Å²) in [6, 6.07) is 10.3. The van der Waals surface area contributed by atoms with Crippen molar-refractivity contribution in [2.45, 2.75) is 6.92 Å². The lowest BCUT2D eigenvalue weighted by Gasteiger charge is -2.11. The molecule has 27 heavy (non-hydrogen) atoms. The van der Waals surface area contributed by atoms with Gasteiger partial charge in [0.05, 0.1) is 24.4 Å². The smallest absolute Gasteiger partial charge is 0.307 e. The van der Waals surface area contributed by atoms with Gasteiger partial charge in [-0.3, -0.25) is 4.79 Å². The highest BCUT2D eigenvalue weighted by Crippen LogP contribution is 2.36. The highest BCUT2D eigenvalue weighted by atomic mass is 79.9. The topological polar surface area (TPSA) is 73.1 Å². The van der Waals surface area contributed by atoms with Gasteiger partial charge in [-0.1, -0.05) is 11.6 Å². The lowest BCUT2D eigenvalue weighted by atomic mass is 10.2. The summed E-state index contributed by atoms with van der Waals surface area (Å²) in [4.78, 5) is 12.2. The Balaban J connectivity index is 1.74. The average Bonchev–Trinajstić information content (AvgIpc) is 3.06. The molecule has 1 amide bonds. The predicted octanol–water partition coefficient (Wildman–Crippen LogP) is 5.02. The van der Waals surface area contributed by atoms with Crippen molar-refractivity contribution in [3.8, 4) is 11.5 Å². The summed E-state index contributed by atoms with van der Waals surface area (Å²) in [6.07, 6.45) is 1.50. The number of nitrogens with one attached hydrogen (secondary N) is 1. The molecule has 140 valence electrons. The standard InChI is InChI=1S/C19H16BrClN2O4/c1-3-26-18-14(20)6-11(7-16(18)25-2)10-22-23-19(24)17-9-12-8-13(21)4-5-15(12)27-17/h4-10H,3H2,1-2H3,(H,23,24)/b22-10+. The lowest BCUT2D eigenvalue weighted by molar-refractivity contribution is 0.0929. The van der Waals surface area contributed by atoms with Crippen molar-refractivity contribution in [2.24, 2.45) is 5.10 Å². The van der Waals surface area contributed by atoms with Gasteiger partial charge < -0.3 is 13.9 Å². The molecule has 1 N–H and O–H groups in total. The van der Waals surface area contributed by atoms with Crippen LogP contribution in [0.1, 0.15) is 23.0 Å². The van der Waals surface area contributed by atoms with E-state index < -0.39 is 5.91 Å². The van der Waals surface area contributed by atoms with Gasteiger partial charge in [0.25, 0.3) is 0 Å². The van der Waals surface area contributed by atoms with Gasteiger partial charge in [-0.05, 0) is 64.8 Å². The molecule has 0 saturated carbocycles. The molecule has 8 heteroatoms. The van der Waals surface area contributed by atoms with Crippen LogP contribution in [0.15, 0.2) is 50.4 Å². The minimum atomic E-state index is -0.462. The third kappa shape index (κ3) is 4.43. The summed E-state index contributed by atoms with van der Waals surface area (Å²) in [5, 5.41) is 5.29. The van der Waals surface area contributed by atoms with E-state index in [2.05, 4.69) is 26.5 Å². The number of hydrogen-bond acceptors (Lipinski definition) is 5. The minimum absolute atomic E-state index is 0.148. The second-order valence-electron chi connectivity index (χ2n) is 5.46. The van der Waals surface area contributed by atoms with Crippen LogP contribution in [0, 0.1) is 0 Å². The highest BCUT2D eigenvalue weighted by molar-refractivity contribution is 9.10. The van der Waals surface area contributed by atoms with Gasteiger partial charge in [0.1, 0.15) is 5.58 Å². The third-order valence-electron chi connectivity index (χ3n) is 3.62. The van der Waals surface area contributed by atoms with Gasteiger partial charge >= 0.3 is 5.91 Å². The van der Waals surface area contributed by atoms with E-state index in [1.54, 1.807) is 37.4 Å². The van der Waals surface area contributed by atoms with Crippen LogP contribution in [0.25, 0.3) is 11.0 Å². The summed E-state index contributed by atoms with van der Waals surface area (Å²) in [7, 11) is 1.56. The Kier molecular flexibility index (Phi) is 6.03. The van der Waals surface area contributed by atoms with E-state index in [0.29, 0.717) is 28.7 Å². The molecule has 0 aliphatic heterocycles. The van der Waals surface area contributed by atoms with Crippen LogP contribution in [0.2, 0.25) is 5.02 Å². The number of fused-ring (bicyclic) bond motifs is 1. The molecule has 3 aromatic rings. The normalized spacial score (nSPS) is 11.1. The Morgan fingerprint density at radius 3 is 2.89 bits per heavy atom. The van der Waals surface area contributed by atoms with Crippen LogP contribution in [0.4, 0.5) is 0 Å². The van der Waals surface area contributed by atoms with Crippen LogP contribution in [-0.4, -0.2) is 25.8 Å². The zero-order valence-corrected chi connectivity index (χ0v) is 16.9. The Bertz CT molecular complexity index is 1020. The maximum absolute atomic E-state index is 12.2. The number of ether oxygens (including phenoxy) is 2. The number of carbonyl (C=O) groups excluding carboxylic acids is 1. The molecule has 0 unspecified atom stereocenters. The molecule has 0 spiro atoms. The van der Waals surface area contributed by atoms with Gasteiger partial charge in [-0.2, -0.15) is 5.10 Å². The lowest BCUT2D eigenvalue weighted by Crippen LogP contribution is -2.16. The van der Waals surface area contributed by atoms with E-state index >= 15 is 0 Å². The Morgan fingerprint density at radius 2 is 2.15 bits per heavy atom. The average molecular weight is 452 g/mol. The fourth-order valence-corrected chi connectivity index (χ4v) is 3.20. The molecule has 1 heterocycles. The van der Waals surface area contributed by atoms with Crippen molar-refractivity contribution in [2.75, 3.05) is 13.7 Å². The summed E-state index contributed by atoms with van der Waals surface area (Å²) in [6.45, 7) is 2.41. The van der Waals surface area contributed by atoms with E-state index in [-0.39, 0.29) is 5.76 Å². The number of methoxy groups -OCH3 is 1. The van der Waals surface area contributed by atoms with E-state index in [1.165, 1.54) is 6.21 Å². The number of amides is 1. The number of carbonyl (C=O) groups is 1. The molecule has 3 rings (SSSR count). The molecule has 0 atom stereocenters. The molecule has 0 bridgehead atoms. The van der Waals surface area contributed by atoms with E-state index in [9.17, 15) is 4.79 Å². The number of nitrogens with zero attached hydrogens (tertiary/aromatic N) is 1. The van der Waals surface area contributed by atoms with Gasteiger partial charge in [-0.25, -0.2) is 5.43 Å². The zero-order valence-electron chi connectivity index (χ0n) is 14.6. The van der Waals surface area contributed by atoms with Crippen LogP contribution in [0.3, 0.4) is 0 Å². The second-order valence-corrected chi connectivity index (χ2v) is 6.75. The molecule has 1 aromatic heterocycles. The SMILES string of the molecule is CCOc1c(Br)cc(/C=N/NC(=O)c2cc3cc(Cl)ccc3o2)cc1OC. The maximum atomic E-state index is 12.2.